The predicted molar refractivity (Wildman–Crippen MR) is 69.8 cm³/mol. The summed E-state index contributed by atoms with van der Waals surface area (Å²) in [5.41, 5.74) is 1.49. The second-order valence-electron chi connectivity index (χ2n) is 4.31. The normalized spacial score (nSPS) is 21.3. The number of hydrogen-bond donors (Lipinski definition) is 0. The molecule has 1 aliphatic heterocycles. The minimum absolute atomic E-state index is 0.00270. The third-order valence-electron chi connectivity index (χ3n) is 2.94. The van der Waals surface area contributed by atoms with Crippen molar-refractivity contribution in [1.29, 1.82) is 0 Å². The molecule has 1 aromatic carbocycles. The van der Waals surface area contributed by atoms with Gasteiger partial charge in [0.2, 0.25) is 0 Å². The first kappa shape index (κ1) is 13.5. The van der Waals surface area contributed by atoms with Crippen LogP contribution >= 0.6 is 0 Å². The van der Waals surface area contributed by atoms with Crippen LogP contribution in [0, 0.1) is 0 Å². The van der Waals surface area contributed by atoms with Crippen LogP contribution in [0.2, 0.25) is 0 Å². The zero-order chi connectivity index (χ0) is 13.7. The lowest BCUT2D eigenvalue weighted by Gasteiger charge is -2.01. The van der Waals surface area contributed by atoms with Gasteiger partial charge in [-0.1, -0.05) is 24.3 Å². The molecule has 1 aromatic rings. The molecule has 0 aliphatic carbocycles. The van der Waals surface area contributed by atoms with E-state index in [1.165, 1.54) is 7.11 Å². The van der Waals surface area contributed by atoms with E-state index in [4.69, 9.17) is 4.74 Å². The van der Waals surface area contributed by atoms with Gasteiger partial charge in [-0.25, -0.2) is 4.79 Å². The van der Waals surface area contributed by atoms with E-state index in [1.807, 2.05) is 24.3 Å². The van der Waals surface area contributed by atoms with Crippen LogP contribution in [-0.4, -0.2) is 25.5 Å². The van der Waals surface area contributed by atoms with Gasteiger partial charge in [0.1, 0.15) is 18.5 Å². The Morgan fingerprint density at radius 3 is 3.00 bits per heavy atom. The molecule has 2 rings (SSSR count). The number of ether oxygens (including phenoxy) is 2. The highest BCUT2D eigenvalue weighted by Gasteiger charge is 2.38. The molecule has 0 bridgehead atoms. The molecule has 0 radical (unpaired) electrons. The zero-order valence-corrected chi connectivity index (χ0v) is 10.7. The number of carbonyl (C=O) groups excluding carboxylic acids is 2. The van der Waals surface area contributed by atoms with Gasteiger partial charge in [-0.15, -0.1) is 0 Å². The van der Waals surface area contributed by atoms with Crippen molar-refractivity contribution in [1.82, 2.24) is 0 Å². The Bertz CT molecular complexity index is 493. The largest absolute Gasteiger partial charge is 0.465 e. The van der Waals surface area contributed by atoms with Crippen LogP contribution in [0.5, 0.6) is 0 Å². The molecule has 19 heavy (non-hydrogen) atoms. The Balaban J connectivity index is 1.95. The van der Waals surface area contributed by atoms with Gasteiger partial charge in [0.15, 0.2) is 0 Å². The number of epoxide rings is 1. The van der Waals surface area contributed by atoms with Gasteiger partial charge in [0.25, 0.3) is 0 Å². The molecule has 1 saturated heterocycles. The second kappa shape index (κ2) is 6.29. The number of aldehydes is 1. The quantitative estimate of drug-likeness (QED) is 0.259. The van der Waals surface area contributed by atoms with Crippen molar-refractivity contribution in [3.05, 3.63) is 47.5 Å². The van der Waals surface area contributed by atoms with Gasteiger partial charge in [-0.2, -0.15) is 0 Å². The van der Waals surface area contributed by atoms with E-state index < -0.39 is 0 Å². The molecule has 1 fully saturated rings. The van der Waals surface area contributed by atoms with Gasteiger partial charge in [-0.3, -0.25) is 0 Å². The van der Waals surface area contributed by atoms with E-state index in [-0.39, 0.29) is 18.2 Å². The first-order chi connectivity index (χ1) is 9.26. The number of rotatable bonds is 6. The number of esters is 1. The number of methoxy groups -OCH3 is 1. The first-order valence-corrected chi connectivity index (χ1v) is 6.20. The molecule has 0 N–H and O–H groups in total. The van der Waals surface area contributed by atoms with Crippen LogP contribution in [0.25, 0.3) is 0 Å². The fraction of sp³-hybridized carbons (Fsp3) is 0.333. The lowest BCUT2D eigenvalue weighted by molar-refractivity contribution is -0.107. The van der Waals surface area contributed by atoms with Crippen LogP contribution < -0.4 is 0 Å². The van der Waals surface area contributed by atoms with Crippen molar-refractivity contribution in [2.75, 3.05) is 7.11 Å². The zero-order valence-electron chi connectivity index (χ0n) is 10.7. The van der Waals surface area contributed by atoms with Gasteiger partial charge in [0, 0.05) is 6.42 Å². The lowest BCUT2D eigenvalue weighted by atomic mass is 10.1. The molecule has 1 aliphatic rings. The topological polar surface area (TPSA) is 55.9 Å². The van der Waals surface area contributed by atoms with Crippen LogP contribution in [0.15, 0.2) is 36.4 Å². The lowest BCUT2D eigenvalue weighted by Crippen LogP contribution is -2.01. The smallest absolute Gasteiger partial charge is 0.337 e. The fourth-order valence-corrected chi connectivity index (χ4v) is 1.89. The molecule has 0 aromatic heterocycles. The summed E-state index contributed by atoms with van der Waals surface area (Å²) in [6.07, 6.45) is 6.11. The van der Waals surface area contributed by atoms with Crippen LogP contribution in [0.1, 0.15) is 34.9 Å². The summed E-state index contributed by atoms with van der Waals surface area (Å²) in [6, 6.07) is 7.25. The maximum atomic E-state index is 11.4. The maximum absolute atomic E-state index is 11.4. The van der Waals surface area contributed by atoms with Gasteiger partial charge in [-0.05, 0) is 24.1 Å². The van der Waals surface area contributed by atoms with Crippen molar-refractivity contribution in [2.45, 2.75) is 25.0 Å². The van der Waals surface area contributed by atoms with Gasteiger partial charge < -0.3 is 14.3 Å². The molecule has 1 heterocycles. The van der Waals surface area contributed by atoms with Crippen LogP contribution in [0.3, 0.4) is 0 Å². The minimum Gasteiger partial charge on any atom is -0.465 e. The summed E-state index contributed by atoms with van der Waals surface area (Å²) in [5, 5.41) is 0. The number of benzene rings is 1. The summed E-state index contributed by atoms with van der Waals surface area (Å²) >= 11 is 0. The van der Waals surface area contributed by atoms with Crippen molar-refractivity contribution >= 4 is 12.3 Å². The second-order valence-corrected chi connectivity index (χ2v) is 4.31. The standard InChI is InChI=1S/C15H16O4/c1-18-15(17)12-7-5-6-11(10-12)14-13(19-14)8-3-2-4-9-16/h3,5-10,13-14H,2,4H2,1H3. The predicted octanol–water partition coefficient (Wildman–Crippen LogP) is 2.45. The molecule has 4 heteroatoms. The molecule has 100 valence electrons. The number of carbonyl (C=O) groups is 2. The van der Waals surface area contributed by atoms with Gasteiger partial charge >= 0.3 is 5.97 Å². The van der Waals surface area contributed by atoms with Crippen LogP contribution in [0.4, 0.5) is 0 Å². The highest BCUT2D eigenvalue weighted by molar-refractivity contribution is 5.89. The summed E-state index contributed by atoms with van der Waals surface area (Å²) < 4.78 is 10.2. The molecular weight excluding hydrogens is 244 g/mol. The third kappa shape index (κ3) is 3.51. The Kier molecular flexibility index (Phi) is 4.47. The Hall–Kier alpha value is -1.94. The number of hydrogen-bond acceptors (Lipinski definition) is 4. The first-order valence-electron chi connectivity index (χ1n) is 6.20. The van der Waals surface area contributed by atoms with E-state index in [9.17, 15) is 9.59 Å². The van der Waals surface area contributed by atoms with E-state index in [0.29, 0.717) is 12.0 Å². The van der Waals surface area contributed by atoms with E-state index in [2.05, 4.69) is 4.74 Å². The molecule has 4 nitrogen and oxygen atoms in total. The molecular formula is C15H16O4. The summed E-state index contributed by atoms with van der Waals surface area (Å²) in [6.45, 7) is 0. The van der Waals surface area contributed by atoms with Crippen molar-refractivity contribution in [3.8, 4) is 0 Å². The molecule has 0 amide bonds. The third-order valence-corrected chi connectivity index (χ3v) is 2.94. The van der Waals surface area contributed by atoms with Crippen molar-refractivity contribution in [2.24, 2.45) is 0 Å². The number of unbranched alkanes of at least 4 members (excludes halogenated alkanes) is 1. The highest BCUT2D eigenvalue weighted by Crippen LogP contribution is 2.39. The molecule has 2 unspecified atom stereocenters. The van der Waals surface area contributed by atoms with Crippen molar-refractivity contribution in [3.63, 3.8) is 0 Å². The molecule has 0 saturated carbocycles. The maximum Gasteiger partial charge on any atom is 0.337 e. The number of allylic oxidation sites excluding steroid dienone is 1. The Labute approximate surface area is 112 Å². The summed E-state index contributed by atoms with van der Waals surface area (Å²) in [5.74, 6) is -0.347. The monoisotopic (exact) mass is 260 g/mol. The van der Waals surface area contributed by atoms with Crippen LogP contribution in [-0.2, 0) is 14.3 Å². The van der Waals surface area contributed by atoms with Gasteiger partial charge in [0.05, 0.1) is 12.7 Å². The molecule has 0 spiro atoms. The minimum atomic E-state index is -0.347. The average Bonchev–Trinajstić information content (AvgIpc) is 3.22. The Morgan fingerprint density at radius 1 is 1.42 bits per heavy atom. The van der Waals surface area contributed by atoms with E-state index in [0.717, 1.165) is 18.3 Å². The summed E-state index contributed by atoms with van der Waals surface area (Å²) in [7, 11) is 1.36. The molecule has 2 atom stereocenters. The fourth-order valence-electron chi connectivity index (χ4n) is 1.89. The average molecular weight is 260 g/mol. The Morgan fingerprint density at radius 2 is 2.26 bits per heavy atom. The SMILES string of the molecule is COC(=O)c1cccc(C2OC2C=CCCC=O)c1. The highest BCUT2D eigenvalue weighted by atomic mass is 16.6. The van der Waals surface area contributed by atoms with E-state index >= 15 is 0 Å². The van der Waals surface area contributed by atoms with Crippen molar-refractivity contribution < 1.29 is 19.1 Å². The van der Waals surface area contributed by atoms with E-state index in [1.54, 1.807) is 12.1 Å². The summed E-state index contributed by atoms with van der Waals surface area (Å²) in [4.78, 5) is 21.6.